The van der Waals surface area contributed by atoms with Gasteiger partial charge in [0.25, 0.3) is 9.05 Å². The number of hydrogen-bond acceptors (Lipinski definition) is 2. The summed E-state index contributed by atoms with van der Waals surface area (Å²) in [6, 6.07) is 0. The van der Waals surface area contributed by atoms with Gasteiger partial charge in [-0.1, -0.05) is 25.3 Å². The Morgan fingerprint density at radius 3 is 2.30 bits per heavy atom. The zero-order chi connectivity index (χ0) is 8.20. The van der Waals surface area contributed by atoms with Crippen LogP contribution in [0.5, 0.6) is 0 Å². The maximum atomic E-state index is 10.4. The van der Waals surface area contributed by atoms with Crippen molar-refractivity contribution >= 4 is 19.7 Å². The lowest BCUT2D eigenvalue weighted by atomic mass is 10.5. The maximum Gasteiger partial charge on any atom is 0.260 e. The average molecular weight is 179 g/mol. The van der Waals surface area contributed by atoms with Crippen LogP contribution >= 0.6 is 10.7 Å². The van der Waals surface area contributed by atoms with E-state index in [-0.39, 0.29) is 4.91 Å². The van der Waals surface area contributed by atoms with Crippen LogP contribution in [-0.2, 0) is 9.05 Å². The lowest BCUT2D eigenvalue weighted by Crippen LogP contribution is -1.88. The minimum atomic E-state index is -3.63. The Hall–Kier alpha value is -0.540. The van der Waals surface area contributed by atoms with Crippen molar-refractivity contribution in [2.24, 2.45) is 0 Å². The standard InChI is InChI=1S/C6H7ClO2S/c1-3-4-5-6(2)10(7,8)9/h3-5H,1-2H2/b5-4-. The van der Waals surface area contributed by atoms with Crippen LogP contribution in [0.1, 0.15) is 0 Å². The molecule has 0 rings (SSSR count). The van der Waals surface area contributed by atoms with E-state index in [0.29, 0.717) is 0 Å². The lowest BCUT2D eigenvalue weighted by Gasteiger charge is -1.88. The van der Waals surface area contributed by atoms with Crippen molar-refractivity contribution in [3.63, 3.8) is 0 Å². The monoisotopic (exact) mass is 178 g/mol. The average Bonchev–Trinajstić information content (AvgIpc) is 1.80. The number of allylic oxidation sites excluding steroid dienone is 3. The van der Waals surface area contributed by atoms with Gasteiger partial charge in [0.1, 0.15) is 0 Å². The molecule has 0 saturated heterocycles. The zero-order valence-electron chi connectivity index (χ0n) is 5.25. The van der Waals surface area contributed by atoms with Gasteiger partial charge in [0.2, 0.25) is 0 Å². The number of rotatable bonds is 3. The lowest BCUT2D eigenvalue weighted by molar-refractivity contribution is 0.616. The Morgan fingerprint density at radius 1 is 1.50 bits per heavy atom. The molecule has 0 amide bonds. The van der Waals surface area contributed by atoms with Crippen LogP contribution in [0.3, 0.4) is 0 Å². The first kappa shape index (κ1) is 9.46. The Morgan fingerprint density at radius 2 is 2.00 bits per heavy atom. The third-order valence-corrected chi connectivity index (χ3v) is 2.09. The highest BCUT2D eigenvalue weighted by Gasteiger charge is 2.05. The molecular formula is C6H7ClO2S. The fourth-order valence-electron chi connectivity index (χ4n) is 0.257. The molecule has 0 unspecified atom stereocenters. The SMILES string of the molecule is C=C/C=C\C(=C)S(=O)(=O)Cl. The van der Waals surface area contributed by atoms with E-state index >= 15 is 0 Å². The zero-order valence-corrected chi connectivity index (χ0v) is 6.82. The highest BCUT2D eigenvalue weighted by Crippen LogP contribution is 2.09. The van der Waals surface area contributed by atoms with Crippen molar-refractivity contribution in [3.8, 4) is 0 Å². The molecule has 0 saturated carbocycles. The molecular weight excluding hydrogens is 172 g/mol. The smallest absolute Gasteiger partial charge is 0.207 e. The first-order chi connectivity index (χ1) is 4.48. The van der Waals surface area contributed by atoms with E-state index < -0.39 is 9.05 Å². The van der Waals surface area contributed by atoms with E-state index in [1.807, 2.05) is 0 Å². The van der Waals surface area contributed by atoms with Crippen LogP contribution in [-0.4, -0.2) is 8.42 Å². The summed E-state index contributed by atoms with van der Waals surface area (Å²) in [5.74, 6) is 0. The molecule has 0 aliphatic heterocycles. The second-order valence-electron chi connectivity index (χ2n) is 1.50. The van der Waals surface area contributed by atoms with Gasteiger partial charge in [0, 0.05) is 10.7 Å². The van der Waals surface area contributed by atoms with E-state index in [4.69, 9.17) is 10.7 Å². The summed E-state index contributed by atoms with van der Waals surface area (Å²) in [6.07, 6.45) is 4.16. The van der Waals surface area contributed by atoms with Gasteiger partial charge in [0.15, 0.2) is 0 Å². The third kappa shape index (κ3) is 3.48. The van der Waals surface area contributed by atoms with Gasteiger partial charge in [-0.3, -0.25) is 0 Å². The summed E-state index contributed by atoms with van der Waals surface area (Å²) in [4.78, 5) is -0.130. The molecule has 0 aromatic carbocycles. The number of hydrogen-bond donors (Lipinski definition) is 0. The molecule has 0 radical (unpaired) electrons. The van der Waals surface area contributed by atoms with Crippen LogP contribution in [0.15, 0.2) is 36.3 Å². The molecule has 56 valence electrons. The quantitative estimate of drug-likeness (QED) is 0.488. The Balaban J connectivity index is 4.42. The molecule has 4 heteroatoms. The fraction of sp³-hybridized carbons (Fsp3) is 0. The molecule has 2 nitrogen and oxygen atoms in total. The largest absolute Gasteiger partial charge is 0.260 e. The van der Waals surface area contributed by atoms with Gasteiger partial charge >= 0.3 is 0 Å². The Bertz CT molecular complexity index is 261. The molecule has 0 aliphatic carbocycles. The first-order valence-electron chi connectivity index (χ1n) is 2.41. The van der Waals surface area contributed by atoms with E-state index in [1.165, 1.54) is 18.2 Å². The predicted octanol–water partition coefficient (Wildman–Crippen LogP) is 1.81. The summed E-state index contributed by atoms with van der Waals surface area (Å²) in [6.45, 7) is 6.56. The molecule has 0 fully saturated rings. The minimum Gasteiger partial charge on any atom is -0.207 e. The topological polar surface area (TPSA) is 34.1 Å². The van der Waals surface area contributed by atoms with Crippen LogP contribution < -0.4 is 0 Å². The maximum absolute atomic E-state index is 10.4. The molecule has 10 heavy (non-hydrogen) atoms. The van der Waals surface area contributed by atoms with Gasteiger partial charge < -0.3 is 0 Å². The highest BCUT2D eigenvalue weighted by atomic mass is 35.7. The van der Waals surface area contributed by atoms with E-state index in [1.54, 1.807) is 0 Å². The van der Waals surface area contributed by atoms with Gasteiger partial charge in [-0.25, -0.2) is 8.42 Å². The second-order valence-corrected chi connectivity index (χ2v) is 4.12. The van der Waals surface area contributed by atoms with Crippen LogP contribution in [0.25, 0.3) is 0 Å². The van der Waals surface area contributed by atoms with Crippen molar-refractivity contribution in [1.82, 2.24) is 0 Å². The van der Waals surface area contributed by atoms with Crippen LogP contribution in [0.4, 0.5) is 0 Å². The summed E-state index contributed by atoms with van der Waals surface area (Å²) in [7, 11) is 1.27. The second kappa shape index (κ2) is 3.58. The number of halogens is 1. The molecule has 0 aliphatic rings. The molecule has 0 heterocycles. The summed E-state index contributed by atoms with van der Waals surface area (Å²) < 4.78 is 20.8. The highest BCUT2D eigenvalue weighted by molar-refractivity contribution is 8.16. The molecule has 0 aromatic rings. The van der Waals surface area contributed by atoms with Crippen LogP contribution in [0.2, 0.25) is 0 Å². The molecule has 0 atom stereocenters. The summed E-state index contributed by atoms with van der Waals surface area (Å²) in [5.41, 5.74) is 0. The minimum absolute atomic E-state index is 0.130. The molecule has 0 spiro atoms. The summed E-state index contributed by atoms with van der Waals surface area (Å²) >= 11 is 0. The Kier molecular flexibility index (Phi) is 3.39. The molecule has 0 N–H and O–H groups in total. The van der Waals surface area contributed by atoms with Crippen molar-refractivity contribution in [2.45, 2.75) is 0 Å². The van der Waals surface area contributed by atoms with Gasteiger partial charge in [-0.15, -0.1) is 0 Å². The predicted molar refractivity (Wildman–Crippen MR) is 43.2 cm³/mol. The van der Waals surface area contributed by atoms with Gasteiger partial charge in [0.05, 0.1) is 4.91 Å². The normalized spacial score (nSPS) is 11.7. The van der Waals surface area contributed by atoms with Crippen LogP contribution in [0, 0.1) is 0 Å². The van der Waals surface area contributed by atoms with E-state index in [0.717, 1.165) is 0 Å². The van der Waals surface area contributed by atoms with Gasteiger partial charge in [-0.2, -0.15) is 0 Å². The van der Waals surface area contributed by atoms with Crippen molar-refractivity contribution < 1.29 is 8.42 Å². The van der Waals surface area contributed by atoms with E-state index in [9.17, 15) is 8.42 Å². The van der Waals surface area contributed by atoms with E-state index in [2.05, 4.69) is 13.2 Å². The van der Waals surface area contributed by atoms with Crippen molar-refractivity contribution in [2.75, 3.05) is 0 Å². The molecule has 0 bridgehead atoms. The third-order valence-electron chi connectivity index (χ3n) is 0.731. The van der Waals surface area contributed by atoms with Gasteiger partial charge in [-0.05, 0) is 6.08 Å². The Labute approximate surface area is 64.9 Å². The van der Waals surface area contributed by atoms with Crippen molar-refractivity contribution in [1.29, 1.82) is 0 Å². The first-order valence-corrected chi connectivity index (χ1v) is 4.72. The summed E-state index contributed by atoms with van der Waals surface area (Å²) in [5, 5.41) is 0. The fourth-order valence-corrected chi connectivity index (χ4v) is 0.652. The van der Waals surface area contributed by atoms with Crippen molar-refractivity contribution in [3.05, 3.63) is 36.3 Å². The molecule has 0 aromatic heterocycles.